The topological polar surface area (TPSA) is 73.0 Å². The lowest BCUT2D eigenvalue weighted by atomic mass is 9.99. The summed E-state index contributed by atoms with van der Waals surface area (Å²) in [5.41, 5.74) is 6.15. The van der Waals surface area contributed by atoms with Crippen LogP contribution in [0.2, 0.25) is 0 Å². The number of nitrogens with one attached hydrogen (secondary N) is 1. The average Bonchev–Trinajstić information content (AvgIpc) is 3.35. The number of pyridine rings is 1. The van der Waals surface area contributed by atoms with Crippen molar-refractivity contribution in [1.29, 1.82) is 0 Å². The summed E-state index contributed by atoms with van der Waals surface area (Å²) in [5, 5.41) is 4.04. The molecular formula is C22H22N4O2. The Morgan fingerprint density at radius 3 is 2.82 bits per heavy atom. The lowest BCUT2D eigenvalue weighted by Gasteiger charge is -2.10. The van der Waals surface area contributed by atoms with Gasteiger partial charge in [-0.1, -0.05) is 12.1 Å². The number of furan rings is 1. The van der Waals surface area contributed by atoms with E-state index in [1.165, 1.54) is 5.56 Å². The largest absolute Gasteiger partial charge is 0.464 e. The molecule has 0 atom stereocenters. The van der Waals surface area contributed by atoms with Crippen LogP contribution in [-0.4, -0.2) is 20.4 Å². The van der Waals surface area contributed by atoms with Gasteiger partial charge in [0, 0.05) is 41.6 Å². The molecule has 0 bridgehead atoms. The molecule has 0 aliphatic rings. The van der Waals surface area contributed by atoms with Crippen LogP contribution >= 0.6 is 0 Å². The maximum Gasteiger partial charge on any atom is 0.224 e. The summed E-state index contributed by atoms with van der Waals surface area (Å²) in [5.74, 6) is 0.705. The summed E-state index contributed by atoms with van der Waals surface area (Å²) >= 11 is 0. The second-order valence-corrected chi connectivity index (χ2v) is 7.01. The fraction of sp³-hybridized carbons (Fsp3) is 0.227. The van der Waals surface area contributed by atoms with E-state index in [0.717, 1.165) is 39.0 Å². The number of hydrogen-bond donors (Lipinski definition) is 1. The summed E-state index contributed by atoms with van der Waals surface area (Å²) in [6.07, 6.45) is 8.93. The van der Waals surface area contributed by atoms with Gasteiger partial charge in [0.25, 0.3) is 0 Å². The van der Waals surface area contributed by atoms with Crippen LogP contribution in [0.5, 0.6) is 0 Å². The lowest BCUT2D eigenvalue weighted by Crippen LogP contribution is -2.25. The third-order valence-corrected chi connectivity index (χ3v) is 5.07. The molecule has 6 heteroatoms. The molecule has 0 saturated carbocycles. The van der Waals surface area contributed by atoms with Crippen LogP contribution in [0.4, 0.5) is 0 Å². The van der Waals surface area contributed by atoms with Crippen molar-refractivity contribution in [1.82, 2.24) is 19.9 Å². The number of amides is 1. The number of carbonyl (C=O) groups excluding carboxylic acids is 1. The Kier molecular flexibility index (Phi) is 4.69. The van der Waals surface area contributed by atoms with Crippen LogP contribution < -0.4 is 5.32 Å². The number of imidazole rings is 1. The first kappa shape index (κ1) is 18.0. The van der Waals surface area contributed by atoms with Crippen molar-refractivity contribution in [3.8, 4) is 5.82 Å². The van der Waals surface area contributed by atoms with E-state index in [0.29, 0.717) is 6.54 Å². The van der Waals surface area contributed by atoms with Gasteiger partial charge in [0.15, 0.2) is 0 Å². The Morgan fingerprint density at radius 2 is 2.04 bits per heavy atom. The van der Waals surface area contributed by atoms with E-state index in [2.05, 4.69) is 35.2 Å². The zero-order valence-corrected chi connectivity index (χ0v) is 16.2. The van der Waals surface area contributed by atoms with Crippen molar-refractivity contribution < 1.29 is 9.21 Å². The van der Waals surface area contributed by atoms with E-state index in [1.807, 2.05) is 29.8 Å². The number of carbonyl (C=O) groups is 1. The van der Waals surface area contributed by atoms with Crippen molar-refractivity contribution in [2.24, 2.45) is 0 Å². The quantitative estimate of drug-likeness (QED) is 0.577. The third-order valence-electron chi connectivity index (χ3n) is 5.07. The zero-order chi connectivity index (χ0) is 19.7. The zero-order valence-electron chi connectivity index (χ0n) is 16.2. The first-order valence-electron chi connectivity index (χ1n) is 9.20. The van der Waals surface area contributed by atoms with Crippen LogP contribution in [-0.2, 0) is 17.8 Å². The van der Waals surface area contributed by atoms with E-state index >= 15 is 0 Å². The van der Waals surface area contributed by atoms with E-state index in [1.54, 1.807) is 25.0 Å². The highest BCUT2D eigenvalue weighted by molar-refractivity contribution is 5.91. The van der Waals surface area contributed by atoms with E-state index in [-0.39, 0.29) is 12.3 Å². The molecule has 4 aromatic rings. The predicted octanol–water partition coefficient (Wildman–Crippen LogP) is 3.80. The molecule has 1 N–H and O–H groups in total. The minimum absolute atomic E-state index is 0.0548. The van der Waals surface area contributed by atoms with E-state index in [9.17, 15) is 4.79 Å². The molecule has 0 fully saturated rings. The molecule has 28 heavy (non-hydrogen) atoms. The number of fused-ring (bicyclic) bond motifs is 1. The van der Waals surface area contributed by atoms with Gasteiger partial charge in [0.05, 0.1) is 12.7 Å². The Morgan fingerprint density at radius 1 is 1.18 bits per heavy atom. The standard InChI is InChI=1S/C22H22N4O2/c1-14-9-15(2)20-18(12-28-21(20)16(14)3)10-19(27)25-11-17-5-4-6-24-22(17)26-8-7-23-13-26/h4-9,12-13H,10-11H2,1-3H3,(H,25,27). The van der Waals surface area contributed by atoms with Crippen LogP contribution in [0.15, 0.2) is 53.8 Å². The van der Waals surface area contributed by atoms with Gasteiger partial charge in [0.1, 0.15) is 17.7 Å². The van der Waals surface area contributed by atoms with Crippen LogP contribution in [0.1, 0.15) is 27.8 Å². The van der Waals surface area contributed by atoms with Crippen LogP contribution in [0, 0.1) is 20.8 Å². The summed E-state index contributed by atoms with van der Waals surface area (Å²) in [4.78, 5) is 21.1. The summed E-state index contributed by atoms with van der Waals surface area (Å²) in [7, 11) is 0. The van der Waals surface area contributed by atoms with Crippen LogP contribution in [0.3, 0.4) is 0 Å². The lowest BCUT2D eigenvalue weighted by molar-refractivity contribution is -0.120. The molecule has 0 radical (unpaired) electrons. The molecule has 0 unspecified atom stereocenters. The van der Waals surface area contributed by atoms with Crippen molar-refractivity contribution in [3.63, 3.8) is 0 Å². The Bertz CT molecular complexity index is 1140. The molecule has 1 aromatic carbocycles. The molecule has 3 aromatic heterocycles. The summed E-state index contributed by atoms with van der Waals surface area (Å²) in [6.45, 7) is 6.57. The highest BCUT2D eigenvalue weighted by atomic mass is 16.3. The highest BCUT2D eigenvalue weighted by Gasteiger charge is 2.16. The van der Waals surface area contributed by atoms with E-state index < -0.39 is 0 Å². The minimum atomic E-state index is -0.0548. The Hall–Kier alpha value is -3.41. The van der Waals surface area contributed by atoms with Crippen molar-refractivity contribution in [2.75, 3.05) is 0 Å². The summed E-state index contributed by atoms with van der Waals surface area (Å²) in [6, 6.07) is 5.95. The fourth-order valence-corrected chi connectivity index (χ4v) is 3.53. The smallest absolute Gasteiger partial charge is 0.224 e. The molecule has 3 heterocycles. The van der Waals surface area contributed by atoms with Gasteiger partial charge in [-0.15, -0.1) is 0 Å². The minimum Gasteiger partial charge on any atom is -0.464 e. The molecule has 6 nitrogen and oxygen atoms in total. The van der Waals surface area contributed by atoms with Crippen molar-refractivity contribution in [3.05, 3.63) is 77.2 Å². The summed E-state index contributed by atoms with van der Waals surface area (Å²) < 4.78 is 7.61. The molecule has 0 saturated heterocycles. The number of rotatable bonds is 5. The fourth-order valence-electron chi connectivity index (χ4n) is 3.53. The molecule has 1 amide bonds. The number of nitrogens with zero attached hydrogens (tertiary/aromatic N) is 3. The van der Waals surface area contributed by atoms with Crippen molar-refractivity contribution >= 4 is 16.9 Å². The molecule has 0 aliphatic heterocycles. The number of benzene rings is 1. The predicted molar refractivity (Wildman–Crippen MR) is 107 cm³/mol. The van der Waals surface area contributed by atoms with Crippen molar-refractivity contribution in [2.45, 2.75) is 33.7 Å². The molecular weight excluding hydrogens is 352 g/mol. The Labute approximate surface area is 163 Å². The highest BCUT2D eigenvalue weighted by Crippen LogP contribution is 2.30. The molecule has 142 valence electrons. The first-order valence-corrected chi connectivity index (χ1v) is 9.20. The van der Waals surface area contributed by atoms with Gasteiger partial charge in [-0.3, -0.25) is 9.36 Å². The third kappa shape index (κ3) is 3.29. The number of aryl methyl sites for hydroxylation is 3. The van der Waals surface area contributed by atoms with Gasteiger partial charge < -0.3 is 9.73 Å². The van der Waals surface area contributed by atoms with Gasteiger partial charge in [-0.05, 0) is 43.5 Å². The number of aromatic nitrogens is 3. The average molecular weight is 374 g/mol. The molecule has 0 aliphatic carbocycles. The van der Waals surface area contributed by atoms with E-state index in [4.69, 9.17) is 4.42 Å². The van der Waals surface area contributed by atoms with Gasteiger partial charge in [-0.25, -0.2) is 9.97 Å². The van der Waals surface area contributed by atoms with Gasteiger partial charge in [-0.2, -0.15) is 0 Å². The van der Waals surface area contributed by atoms with Crippen LogP contribution in [0.25, 0.3) is 16.8 Å². The first-order chi connectivity index (χ1) is 13.5. The number of hydrogen-bond acceptors (Lipinski definition) is 4. The second kappa shape index (κ2) is 7.31. The normalized spacial score (nSPS) is 11.1. The molecule has 4 rings (SSSR count). The maximum absolute atomic E-state index is 12.6. The van der Waals surface area contributed by atoms with Gasteiger partial charge >= 0.3 is 0 Å². The molecule has 0 spiro atoms. The monoisotopic (exact) mass is 374 g/mol. The Balaban J connectivity index is 1.51. The maximum atomic E-state index is 12.6. The second-order valence-electron chi connectivity index (χ2n) is 7.01. The SMILES string of the molecule is Cc1cc(C)c2c(CC(=O)NCc3cccnc3-n3ccnc3)coc2c1C. The van der Waals surface area contributed by atoms with Gasteiger partial charge in [0.2, 0.25) is 5.91 Å².